The number of fused-ring (bicyclic) bond motifs is 1. The van der Waals surface area contributed by atoms with E-state index >= 15 is 0 Å². The van der Waals surface area contributed by atoms with Crippen molar-refractivity contribution < 1.29 is 22.8 Å². The molecule has 0 aliphatic carbocycles. The van der Waals surface area contributed by atoms with Crippen LogP contribution in [0.15, 0.2) is 79.0 Å². The molecule has 0 radical (unpaired) electrons. The van der Waals surface area contributed by atoms with Gasteiger partial charge in [0.05, 0.1) is 29.5 Å². The quantitative estimate of drug-likeness (QED) is 0.449. The van der Waals surface area contributed by atoms with Gasteiger partial charge in [-0.05, 0) is 48.0 Å². The van der Waals surface area contributed by atoms with Crippen molar-refractivity contribution in [3.63, 3.8) is 0 Å². The summed E-state index contributed by atoms with van der Waals surface area (Å²) in [5, 5.41) is 7.49. The number of nitrogens with one attached hydrogen (secondary N) is 1. The van der Waals surface area contributed by atoms with Crippen LogP contribution in [0.5, 0.6) is 0 Å². The summed E-state index contributed by atoms with van der Waals surface area (Å²) in [6.07, 6.45) is 1.52. The number of amides is 2. The van der Waals surface area contributed by atoms with Gasteiger partial charge in [0.15, 0.2) is 0 Å². The minimum Gasteiger partial charge on any atom is -0.345 e. The highest BCUT2D eigenvalue weighted by atomic mass is 19.3. The molecule has 4 aromatic rings. The number of rotatable bonds is 5. The van der Waals surface area contributed by atoms with E-state index in [-0.39, 0.29) is 18.1 Å². The molecule has 0 unspecified atom stereocenters. The SMILES string of the molecule is CC(F)(F)C(=O)N[C@H]1CC(=O)N(c2ccc3c(cnn3-c3ccc(F)cc3)c2)[C@@H]1c1ccccc1. The van der Waals surface area contributed by atoms with E-state index in [9.17, 15) is 22.8 Å². The van der Waals surface area contributed by atoms with Gasteiger partial charge in [0.1, 0.15) is 5.82 Å². The predicted octanol–water partition coefficient (Wildman–Crippen LogP) is 4.78. The molecular weight excluding hydrogens is 457 g/mol. The van der Waals surface area contributed by atoms with Gasteiger partial charge in [-0.3, -0.25) is 9.59 Å². The van der Waals surface area contributed by atoms with Crippen LogP contribution in [-0.2, 0) is 9.59 Å². The lowest BCUT2D eigenvalue weighted by Gasteiger charge is -2.29. The van der Waals surface area contributed by atoms with Gasteiger partial charge in [-0.25, -0.2) is 9.07 Å². The van der Waals surface area contributed by atoms with E-state index < -0.39 is 23.9 Å². The average molecular weight is 478 g/mol. The monoisotopic (exact) mass is 478 g/mol. The van der Waals surface area contributed by atoms with Gasteiger partial charge in [-0.2, -0.15) is 13.9 Å². The predicted molar refractivity (Wildman–Crippen MR) is 125 cm³/mol. The zero-order valence-corrected chi connectivity index (χ0v) is 18.7. The average Bonchev–Trinajstić information content (AvgIpc) is 3.39. The molecule has 5 rings (SSSR count). The molecule has 1 aliphatic rings. The first-order valence-corrected chi connectivity index (χ1v) is 11.0. The van der Waals surface area contributed by atoms with Gasteiger partial charge in [0, 0.05) is 24.4 Å². The normalized spacial score (nSPS) is 18.3. The van der Waals surface area contributed by atoms with Crippen molar-refractivity contribution >= 4 is 28.4 Å². The van der Waals surface area contributed by atoms with Crippen molar-refractivity contribution in [2.45, 2.75) is 31.4 Å². The molecule has 9 heteroatoms. The van der Waals surface area contributed by atoms with Gasteiger partial charge >= 0.3 is 5.92 Å². The first-order valence-electron chi connectivity index (χ1n) is 11.0. The number of hydrogen-bond acceptors (Lipinski definition) is 3. The van der Waals surface area contributed by atoms with Crippen molar-refractivity contribution in [3.05, 3.63) is 90.4 Å². The molecule has 2 amide bonds. The molecule has 1 aromatic heterocycles. The van der Waals surface area contributed by atoms with Crippen molar-refractivity contribution in [1.82, 2.24) is 15.1 Å². The third-order valence-corrected chi connectivity index (χ3v) is 6.08. The van der Waals surface area contributed by atoms with Crippen LogP contribution >= 0.6 is 0 Å². The summed E-state index contributed by atoms with van der Waals surface area (Å²) >= 11 is 0. The first kappa shape index (κ1) is 22.6. The van der Waals surface area contributed by atoms with E-state index in [1.807, 2.05) is 6.07 Å². The fourth-order valence-electron chi connectivity index (χ4n) is 4.45. The summed E-state index contributed by atoms with van der Waals surface area (Å²) in [5.41, 5.74) is 2.69. The second-order valence-corrected chi connectivity index (χ2v) is 8.57. The van der Waals surface area contributed by atoms with E-state index in [2.05, 4.69) is 10.4 Å². The number of benzene rings is 3. The van der Waals surface area contributed by atoms with Crippen molar-refractivity contribution in [1.29, 1.82) is 0 Å². The maximum absolute atomic E-state index is 13.6. The highest BCUT2D eigenvalue weighted by Gasteiger charge is 2.45. The van der Waals surface area contributed by atoms with E-state index in [4.69, 9.17) is 0 Å². The zero-order chi connectivity index (χ0) is 24.7. The van der Waals surface area contributed by atoms with Crippen molar-refractivity contribution in [2.24, 2.45) is 0 Å². The Morgan fingerprint density at radius 3 is 2.40 bits per heavy atom. The highest BCUT2D eigenvalue weighted by molar-refractivity contribution is 6.00. The molecule has 35 heavy (non-hydrogen) atoms. The first-order chi connectivity index (χ1) is 16.7. The Labute approximate surface area is 199 Å². The smallest absolute Gasteiger partial charge is 0.321 e. The lowest BCUT2D eigenvalue weighted by molar-refractivity contribution is -0.143. The molecule has 1 N–H and O–H groups in total. The minimum absolute atomic E-state index is 0.117. The summed E-state index contributed by atoms with van der Waals surface area (Å²) < 4.78 is 42.2. The van der Waals surface area contributed by atoms with Crippen molar-refractivity contribution in [2.75, 3.05) is 4.90 Å². The fourth-order valence-corrected chi connectivity index (χ4v) is 4.45. The summed E-state index contributed by atoms with van der Waals surface area (Å²) in [4.78, 5) is 26.7. The Morgan fingerprint density at radius 1 is 1.03 bits per heavy atom. The maximum Gasteiger partial charge on any atom is 0.321 e. The Morgan fingerprint density at radius 2 is 1.71 bits per heavy atom. The molecule has 178 valence electrons. The molecule has 0 bridgehead atoms. The molecule has 1 saturated heterocycles. The number of anilines is 1. The molecular formula is C26H21F3N4O2. The molecule has 6 nitrogen and oxygen atoms in total. The number of aromatic nitrogens is 2. The van der Waals surface area contributed by atoms with E-state index in [1.54, 1.807) is 65.5 Å². The van der Waals surface area contributed by atoms with Crippen LogP contribution < -0.4 is 10.2 Å². The number of carbonyl (C=O) groups is 2. The minimum atomic E-state index is -3.56. The molecule has 1 aliphatic heterocycles. The largest absolute Gasteiger partial charge is 0.345 e. The Bertz CT molecular complexity index is 1400. The molecule has 2 heterocycles. The Balaban J connectivity index is 1.53. The summed E-state index contributed by atoms with van der Waals surface area (Å²) in [6, 6.07) is 18.7. The van der Waals surface area contributed by atoms with E-state index in [1.165, 1.54) is 17.0 Å². The number of alkyl halides is 2. The van der Waals surface area contributed by atoms with Crippen LogP contribution in [-0.4, -0.2) is 33.6 Å². The Hall–Kier alpha value is -4.14. The molecule has 3 aromatic carbocycles. The van der Waals surface area contributed by atoms with Crippen LogP contribution in [0.1, 0.15) is 24.9 Å². The third-order valence-electron chi connectivity index (χ3n) is 6.08. The lowest BCUT2D eigenvalue weighted by Crippen LogP contribution is -2.46. The van der Waals surface area contributed by atoms with E-state index in [0.29, 0.717) is 23.9 Å². The third kappa shape index (κ3) is 4.25. The topological polar surface area (TPSA) is 67.2 Å². The van der Waals surface area contributed by atoms with Crippen LogP contribution in [0.4, 0.5) is 18.9 Å². The maximum atomic E-state index is 13.6. The van der Waals surface area contributed by atoms with Gasteiger partial charge in [0.2, 0.25) is 5.91 Å². The zero-order valence-electron chi connectivity index (χ0n) is 18.7. The molecule has 1 fully saturated rings. The second kappa shape index (κ2) is 8.57. The number of hydrogen-bond donors (Lipinski definition) is 1. The van der Waals surface area contributed by atoms with Crippen LogP contribution in [0, 0.1) is 5.82 Å². The molecule has 0 spiro atoms. The summed E-state index contributed by atoms with van der Waals surface area (Å²) in [5.74, 6) is -5.64. The molecule has 0 saturated carbocycles. The number of halogens is 3. The van der Waals surface area contributed by atoms with Crippen LogP contribution in [0.3, 0.4) is 0 Å². The van der Waals surface area contributed by atoms with Gasteiger partial charge in [0.25, 0.3) is 5.91 Å². The van der Waals surface area contributed by atoms with Gasteiger partial charge in [-0.1, -0.05) is 30.3 Å². The van der Waals surface area contributed by atoms with E-state index in [0.717, 1.165) is 10.9 Å². The Kier molecular flexibility index (Phi) is 5.55. The second-order valence-electron chi connectivity index (χ2n) is 8.57. The van der Waals surface area contributed by atoms with Crippen LogP contribution in [0.2, 0.25) is 0 Å². The number of carbonyl (C=O) groups excluding carboxylic acids is 2. The summed E-state index contributed by atoms with van der Waals surface area (Å²) in [7, 11) is 0. The van der Waals surface area contributed by atoms with Gasteiger partial charge < -0.3 is 10.2 Å². The highest BCUT2D eigenvalue weighted by Crippen LogP contribution is 2.39. The lowest BCUT2D eigenvalue weighted by atomic mass is 9.99. The standard InChI is InChI=1S/C26H21F3N4O2/c1-26(28,29)25(35)31-21-14-23(34)32(24(21)16-5-3-2-4-6-16)20-11-12-22-17(13-20)15-30-33(22)19-9-7-18(27)8-10-19/h2-13,15,21,24H,14H2,1H3,(H,31,35)/t21-,24+/m0/s1. The van der Waals surface area contributed by atoms with Gasteiger partial charge in [-0.15, -0.1) is 0 Å². The fraction of sp³-hybridized carbons (Fsp3) is 0.192. The molecule has 2 atom stereocenters. The summed E-state index contributed by atoms with van der Waals surface area (Å²) in [6.45, 7) is 0.529. The number of nitrogens with zero attached hydrogens (tertiary/aromatic N) is 3. The van der Waals surface area contributed by atoms with Crippen molar-refractivity contribution in [3.8, 4) is 5.69 Å². The van der Waals surface area contributed by atoms with Crippen LogP contribution in [0.25, 0.3) is 16.6 Å².